The van der Waals surface area contributed by atoms with Gasteiger partial charge in [-0.3, -0.25) is 4.79 Å². The first-order valence-corrected chi connectivity index (χ1v) is 5.26. The van der Waals surface area contributed by atoms with Gasteiger partial charge < -0.3 is 5.32 Å². The molecule has 96 valence electrons. The van der Waals surface area contributed by atoms with E-state index in [1.807, 2.05) is 0 Å². The van der Waals surface area contributed by atoms with E-state index < -0.39 is 24.1 Å². The van der Waals surface area contributed by atoms with Gasteiger partial charge in [-0.1, -0.05) is 23.6 Å². The highest BCUT2D eigenvalue weighted by atomic mass is 35.5. The van der Waals surface area contributed by atoms with Gasteiger partial charge in [0.1, 0.15) is 0 Å². The second-order valence-electron chi connectivity index (χ2n) is 3.36. The Balaban J connectivity index is 3.06. The highest BCUT2D eigenvalue weighted by Crippen LogP contribution is 2.31. The van der Waals surface area contributed by atoms with Gasteiger partial charge in [-0.25, -0.2) is 4.39 Å². The SMILES string of the molecule is CNC(=O)C#Cc1ccc(C(F)(F)CF)cc1Cl. The molecular formula is C12H9ClF3NO. The normalized spacial score (nSPS) is 10.5. The lowest BCUT2D eigenvalue weighted by molar-refractivity contribution is -0.115. The molecule has 0 spiro atoms. The predicted octanol–water partition coefficient (Wildman–Crippen LogP) is 2.50. The van der Waals surface area contributed by atoms with Crippen molar-refractivity contribution in [2.45, 2.75) is 5.92 Å². The number of amides is 1. The van der Waals surface area contributed by atoms with E-state index in [0.717, 1.165) is 12.1 Å². The molecule has 1 aromatic rings. The maximum absolute atomic E-state index is 13.0. The van der Waals surface area contributed by atoms with Gasteiger partial charge in [0, 0.05) is 24.1 Å². The van der Waals surface area contributed by atoms with E-state index in [-0.39, 0.29) is 10.6 Å². The van der Waals surface area contributed by atoms with Gasteiger partial charge in [0.25, 0.3) is 5.91 Å². The van der Waals surface area contributed by atoms with Gasteiger partial charge in [-0.2, -0.15) is 8.78 Å². The molecule has 0 aromatic heterocycles. The summed E-state index contributed by atoms with van der Waals surface area (Å²) in [5.41, 5.74) is -0.306. The van der Waals surface area contributed by atoms with E-state index in [4.69, 9.17) is 11.6 Å². The molecule has 0 unspecified atom stereocenters. The molecule has 1 amide bonds. The molecule has 0 fully saturated rings. The molecule has 0 bridgehead atoms. The Morgan fingerprint density at radius 3 is 2.67 bits per heavy atom. The van der Waals surface area contributed by atoms with Crippen LogP contribution < -0.4 is 5.32 Å². The van der Waals surface area contributed by atoms with E-state index in [1.54, 1.807) is 0 Å². The Morgan fingerprint density at radius 1 is 1.50 bits per heavy atom. The Hall–Kier alpha value is -1.67. The van der Waals surface area contributed by atoms with Crippen molar-refractivity contribution in [2.24, 2.45) is 0 Å². The molecular weight excluding hydrogens is 267 g/mol. The van der Waals surface area contributed by atoms with Crippen molar-refractivity contribution < 1.29 is 18.0 Å². The van der Waals surface area contributed by atoms with Crippen molar-refractivity contribution in [2.75, 3.05) is 13.7 Å². The summed E-state index contributed by atoms with van der Waals surface area (Å²) >= 11 is 5.73. The largest absolute Gasteiger partial charge is 0.348 e. The lowest BCUT2D eigenvalue weighted by atomic mass is 10.1. The summed E-state index contributed by atoms with van der Waals surface area (Å²) in [4.78, 5) is 10.9. The quantitative estimate of drug-likeness (QED) is 0.826. The van der Waals surface area contributed by atoms with Gasteiger partial charge in [0.15, 0.2) is 6.67 Å². The van der Waals surface area contributed by atoms with Crippen molar-refractivity contribution >= 4 is 17.5 Å². The lowest BCUT2D eigenvalue weighted by Crippen LogP contribution is -2.16. The number of benzene rings is 1. The zero-order chi connectivity index (χ0) is 13.8. The third-order valence-corrected chi connectivity index (χ3v) is 2.41. The molecule has 0 aliphatic carbocycles. The highest BCUT2D eigenvalue weighted by molar-refractivity contribution is 6.31. The third kappa shape index (κ3) is 3.41. The summed E-state index contributed by atoms with van der Waals surface area (Å²) in [6, 6.07) is 3.19. The van der Waals surface area contributed by atoms with Crippen molar-refractivity contribution in [3.63, 3.8) is 0 Å². The van der Waals surface area contributed by atoms with Crippen LogP contribution in [-0.2, 0) is 10.7 Å². The molecule has 0 saturated carbocycles. The van der Waals surface area contributed by atoms with Crippen molar-refractivity contribution in [3.05, 3.63) is 34.3 Å². The smallest absolute Gasteiger partial charge is 0.301 e. The van der Waals surface area contributed by atoms with Gasteiger partial charge in [-0.05, 0) is 12.1 Å². The molecule has 0 atom stereocenters. The van der Waals surface area contributed by atoms with Crippen LogP contribution in [0, 0.1) is 11.8 Å². The molecule has 0 aliphatic heterocycles. The van der Waals surface area contributed by atoms with Crippen LogP contribution in [0.5, 0.6) is 0 Å². The van der Waals surface area contributed by atoms with Gasteiger partial charge in [0.2, 0.25) is 0 Å². The molecule has 18 heavy (non-hydrogen) atoms. The molecule has 1 N–H and O–H groups in total. The minimum absolute atomic E-state index is 0.0583. The third-order valence-electron chi connectivity index (χ3n) is 2.10. The van der Waals surface area contributed by atoms with E-state index >= 15 is 0 Å². The summed E-state index contributed by atoms with van der Waals surface area (Å²) in [6.45, 7) is -1.80. The molecule has 0 aliphatic rings. The second-order valence-corrected chi connectivity index (χ2v) is 3.77. The number of hydrogen-bond acceptors (Lipinski definition) is 1. The predicted molar refractivity (Wildman–Crippen MR) is 62.3 cm³/mol. The molecule has 0 saturated heterocycles. The Kier molecular flexibility index (Phi) is 4.62. The van der Waals surface area contributed by atoms with Crippen LogP contribution in [0.3, 0.4) is 0 Å². The van der Waals surface area contributed by atoms with E-state index in [2.05, 4.69) is 17.2 Å². The van der Waals surface area contributed by atoms with E-state index in [0.29, 0.717) is 0 Å². The number of alkyl halides is 3. The molecule has 2 nitrogen and oxygen atoms in total. The number of rotatable bonds is 2. The maximum Gasteiger partial charge on any atom is 0.301 e. The maximum atomic E-state index is 13.0. The molecule has 1 rings (SSSR count). The van der Waals surface area contributed by atoms with E-state index in [9.17, 15) is 18.0 Å². The molecule has 1 aromatic carbocycles. The number of halogens is 4. The zero-order valence-electron chi connectivity index (χ0n) is 9.36. The monoisotopic (exact) mass is 275 g/mol. The molecule has 0 heterocycles. The fraction of sp³-hybridized carbons (Fsp3) is 0.250. The fourth-order valence-electron chi connectivity index (χ4n) is 1.11. The number of carbonyl (C=O) groups is 1. The van der Waals surface area contributed by atoms with Crippen LogP contribution in [-0.4, -0.2) is 19.6 Å². The van der Waals surface area contributed by atoms with Gasteiger partial charge >= 0.3 is 5.92 Å². The fourth-order valence-corrected chi connectivity index (χ4v) is 1.34. The minimum Gasteiger partial charge on any atom is -0.348 e. The Labute approximate surface area is 107 Å². The highest BCUT2D eigenvalue weighted by Gasteiger charge is 2.31. The van der Waals surface area contributed by atoms with Crippen LogP contribution >= 0.6 is 11.6 Å². The van der Waals surface area contributed by atoms with Crippen molar-refractivity contribution in [3.8, 4) is 11.8 Å². The van der Waals surface area contributed by atoms with Crippen LogP contribution in [0.15, 0.2) is 18.2 Å². The first-order chi connectivity index (χ1) is 8.40. The van der Waals surface area contributed by atoms with Gasteiger partial charge in [0.05, 0.1) is 5.02 Å². The average molecular weight is 276 g/mol. The lowest BCUT2D eigenvalue weighted by Gasteiger charge is -2.12. The minimum atomic E-state index is -3.57. The van der Waals surface area contributed by atoms with Crippen molar-refractivity contribution in [1.82, 2.24) is 5.32 Å². The number of carbonyl (C=O) groups excluding carboxylic acids is 1. The standard InChI is InChI=1S/C12H9ClF3NO/c1-17-11(18)5-3-8-2-4-9(6-10(8)13)12(15,16)7-14/h2,4,6H,7H2,1H3,(H,17,18). The average Bonchev–Trinajstić information content (AvgIpc) is 2.36. The van der Waals surface area contributed by atoms with Crippen LogP contribution in [0.4, 0.5) is 13.2 Å². The summed E-state index contributed by atoms with van der Waals surface area (Å²) in [6.07, 6.45) is 0. The first-order valence-electron chi connectivity index (χ1n) is 4.88. The molecule has 6 heteroatoms. The van der Waals surface area contributed by atoms with Gasteiger partial charge in [-0.15, -0.1) is 0 Å². The molecule has 0 radical (unpaired) electrons. The Bertz CT molecular complexity index is 520. The first kappa shape index (κ1) is 14.4. The van der Waals surface area contributed by atoms with Crippen molar-refractivity contribution in [1.29, 1.82) is 0 Å². The van der Waals surface area contributed by atoms with Crippen LogP contribution in [0.2, 0.25) is 5.02 Å². The summed E-state index contributed by atoms with van der Waals surface area (Å²) < 4.78 is 38.2. The topological polar surface area (TPSA) is 29.1 Å². The number of nitrogens with one attached hydrogen (secondary N) is 1. The van der Waals surface area contributed by atoms with Crippen LogP contribution in [0.1, 0.15) is 11.1 Å². The second kappa shape index (κ2) is 5.78. The summed E-state index contributed by atoms with van der Waals surface area (Å²) in [7, 11) is 1.41. The summed E-state index contributed by atoms with van der Waals surface area (Å²) in [5, 5.41) is 2.22. The number of hydrogen-bond donors (Lipinski definition) is 1. The Morgan fingerprint density at radius 2 is 2.17 bits per heavy atom. The zero-order valence-corrected chi connectivity index (χ0v) is 10.1. The summed E-state index contributed by atoms with van der Waals surface area (Å²) in [5.74, 6) is 0.546. The van der Waals surface area contributed by atoms with Crippen LogP contribution in [0.25, 0.3) is 0 Å². The van der Waals surface area contributed by atoms with E-state index in [1.165, 1.54) is 13.1 Å².